The molecule has 3 rings (SSSR count). The lowest BCUT2D eigenvalue weighted by Gasteiger charge is -2.34. The van der Waals surface area contributed by atoms with Crippen LogP contribution in [0.2, 0.25) is 0 Å². The van der Waals surface area contributed by atoms with Crippen molar-refractivity contribution in [1.82, 2.24) is 14.9 Å². The zero-order valence-electron chi connectivity index (χ0n) is 15.9. The molecule has 1 aliphatic rings. The van der Waals surface area contributed by atoms with Crippen LogP contribution in [0.25, 0.3) is 12.2 Å². The Morgan fingerprint density at radius 3 is 2.85 bits per heavy atom. The van der Waals surface area contributed by atoms with Crippen molar-refractivity contribution >= 4 is 18.0 Å². The highest BCUT2D eigenvalue weighted by molar-refractivity contribution is 5.68. The standard InChI is InChI=1S/C20H28N4O2/c1-4-23-14-18-20(24(5-2)15-23)22-19(21-18)10-9-16-7-6-8-17(13-16)26-12-11-25-3/h6-10,13H,4-5,11-12,14-15H2,1-3H3,(H,21,22)/b10-9+. The molecule has 0 saturated carbocycles. The predicted octanol–water partition coefficient (Wildman–Crippen LogP) is 3.22. The Labute approximate surface area is 155 Å². The van der Waals surface area contributed by atoms with E-state index in [4.69, 9.17) is 14.5 Å². The number of rotatable bonds is 8. The first-order chi connectivity index (χ1) is 12.7. The van der Waals surface area contributed by atoms with Crippen LogP contribution in [-0.2, 0) is 11.3 Å². The van der Waals surface area contributed by atoms with E-state index in [1.54, 1.807) is 7.11 Å². The number of nitrogens with one attached hydrogen (secondary N) is 1. The molecule has 0 unspecified atom stereocenters. The van der Waals surface area contributed by atoms with E-state index in [-0.39, 0.29) is 0 Å². The molecule has 1 aromatic heterocycles. The zero-order valence-corrected chi connectivity index (χ0v) is 15.9. The van der Waals surface area contributed by atoms with Crippen LogP contribution < -0.4 is 9.64 Å². The minimum absolute atomic E-state index is 0.551. The van der Waals surface area contributed by atoms with Gasteiger partial charge in [-0.25, -0.2) is 4.98 Å². The van der Waals surface area contributed by atoms with Gasteiger partial charge in [0.15, 0.2) is 5.82 Å². The third-order valence-corrected chi connectivity index (χ3v) is 4.50. The Balaban J connectivity index is 1.71. The first kappa shape index (κ1) is 18.5. The lowest BCUT2D eigenvalue weighted by molar-refractivity contribution is 0.146. The van der Waals surface area contributed by atoms with Gasteiger partial charge in [0.2, 0.25) is 0 Å². The lowest BCUT2D eigenvalue weighted by Crippen LogP contribution is -2.42. The van der Waals surface area contributed by atoms with Crippen molar-refractivity contribution in [2.45, 2.75) is 20.4 Å². The number of nitrogens with zero attached hydrogens (tertiary/aromatic N) is 3. The van der Waals surface area contributed by atoms with Crippen LogP contribution in [0.4, 0.5) is 5.82 Å². The fraction of sp³-hybridized carbons (Fsp3) is 0.450. The second-order valence-corrected chi connectivity index (χ2v) is 6.31. The Bertz CT molecular complexity index is 741. The van der Waals surface area contributed by atoms with E-state index >= 15 is 0 Å². The van der Waals surface area contributed by atoms with Gasteiger partial charge in [-0.15, -0.1) is 0 Å². The summed E-state index contributed by atoms with van der Waals surface area (Å²) in [5, 5.41) is 0. The van der Waals surface area contributed by atoms with Crippen molar-refractivity contribution in [3.63, 3.8) is 0 Å². The van der Waals surface area contributed by atoms with Gasteiger partial charge in [0.05, 0.1) is 19.0 Å². The Kier molecular flexibility index (Phi) is 6.30. The maximum Gasteiger partial charge on any atom is 0.152 e. The number of hydrogen-bond acceptors (Lipinski definition) is 5. The minimum atomic E-state index is 0.551. The highest BCUT2D eigenvalue weighted by Crippen LogP contribution is 2.25. The molecule has 2 aromatic rings. The molecular weight excluding hydrogens is 328 g/mol. The molecule has 1 aliphatic heterocycles. The number of ether oxygens (including phenoxy) is 2. The number of aromatic nitrogens is 2. The summed E-state index contributed by atoms with van der Waals surface area (Å²) < 4.78 is 10.7. The third kappa shape index (κ3) is 4.45. The van der Waals surface area contributed by atoms with Crippen molar-refractivity contribution in [2.24, 2.45) is 0 Å². The van der Waals surface area contributed by atoms with Crippen LogP contribution in [0, 0.1) is 0 Å². The molecule has 0 radical (unpaired) electrons. The highest BCUT2D eigenvalue weighted by atomic mass is 16.5. The number of imidazole rings is 1. The second-order valence-electron chi connectivity index (χ2n) is 6.31. The number of hydrogen-bond donors (Lipinski definition) is 1. The number of benzene rings is 1. The van der Waals surface area contributed by atoms with E-state index < -0.39 is 0 Å². The van der Waals surface area contributed by atoms with Gasteiger partial charge in [-0.3, -0.25) is 4.90 Å². The Morgan fingerprint density at radius 1 is 1.19 bits per heavy atom. The van der Waals surface area contributed by atoms with Gasteiger partial charge in [0.25, 0.3) is 0 Å². The molecule has 0 bridgehead atoms. The second kappa shape index (κ2) is 8.87. The number of methoxy groups -OCH3 is 1. The fourth-order valence-corrected chi connectivity index (χ4v) is 3.04. The van der Waals surface area contributed by atoms with Crippen LogP contribution in [0.15, 0.2) is 24.3 Å². The van der Waals surface area contributed by atoms with Gasteiger partial charge < -0.3 is 19.4 Å². The molecule has 6 nitrogen and oxygen atoms in total. The van der Waals surface area contributed by atoms with Crippen molar-refractivity contribution in [3.05, 3.63) is 41.3 Å². The maximum absolute atomic E-state index is 5.66. The largest absolute Gasteiger partial charge is 0.491 e. The molecule has 2 heterocycles. The van der Waals surface area contributed by atoms with E-state index in [9.17, 15) is 0 Å². The average molecular weight is 356 g/mol. The predicted molar refractivity (Wildman–Crippen MR) is 105 cm³/mol. The summed E-state index contributed by atoms with van der Waals surface area (Å²) in [6.45, 7) is 9.35. The summed E-state index contributed by atoms with van der Waals surface area (Å²) in [6.07, 6.45) is 4.08. The van der Waals surface area contributed by atoms with Crippen molar-refractivity contribution < 1.29 is 9.47 Å². The quantitative estimate of drug-likeness (QED) is 0.736. The van der Waals surface area contributed by atoms with E-state index in [2.05, 4.69) is 40.8 Å². The van der Waals surface area contributed by atoms with Gasteiger partial charge in [-0.1, -0.05) is 25.1 Å². The summed E-state index contributed by atoms with van der Waals surface area (Å²) in [5.41, 5.74) is 2.27. The first-order valence-corrected chi connectivity index (χ1v) is 9.19. The number of aromatic amines is 1. The Morgan fingerprint density at radius 2 is 2.08 bits per heavy atom. The zero-order chi connectivity index (χ0) is 18.4. The lowest BCUT2D eigenvalue weighted by atomic mass is 10.2. The summed E-state index contributed by atoms with van der Waals surface area (Å²) in [4.78, 5) is 12.9. The molecular formula is C20H28N4O2. The van der Waals surface area contributed by atoms with Gasteiger partial charge in [0, 0.05) is 20.2 Å². The molecule has 0 fully saturated rings. The van der Waals surface area contributed by atoms with Crippen LogP contribution in [-0.4, -0.2) is 54.9 Å². The topological polar surface area (TPSA) is 53.6 Å². The normalized spacial score (nSPS) is 14.8. The highest BCUT2D eigenvalue weighted by Gasteiger charge is 2.23. The number of H-pyrrole nitrogens is 1. The molecule has 0 aliphatic carbocycles. The van der Waals surface area contributed by atoms with Crippen LogP contribution >= 0.6 is 0 Å². The van der Waals surface area contributed by atoms with E-state index in [0.717, 1.165) is 49.3 Å². The average Bonchev–Trinajstić information content (AvgIpc) is 3.09. The van der Waals surface area contributed by atoms with Gasteiger partial charge in [-0.2, -0.15) is 0 Å². The SMILES string of the molecule is CCN1Cc2[nH]c(/C=C/c3cccc(OCCOC)c3)nc2N(CC)C1. The molecule has 1 aromatic carbocycles. The first-order valence-electron chi connectivity index (χ1n) is 9.19. The summed E-state index contributed by atoms with van der Waals surface area (Å²) >= 11 is 0. The molecule has 0 atom stereocenters. The van der Waals surface area contributed by atoms with Gasteiger partial charge in [0.1, 0.15) is 18.2 Å². The summed E-state index contributed by atoms with van der Waals surface area (Å²) in [7, 11) is 1.67. The number of fused-ring (bicyclic) bond motifs is 1. The molecule has 0 saturated heterocycles. The van der Waals surface area contributed by atoms with E-state index in [1.807, 2.05) is 24.3 Å². The smallest absolute Gasteiger partial charge is 0.152 e. The van der Waals surface area contributed by atoms with Crippen molar-refractivity contribution in [2.75, 3.05) is 45.0 Å². The van der Waals surface area contributed by atoms with Crippen LogP contribution in [0.3, 0.4) is 0 Å². The summed E-state index contributed by atoms with van der Waals surface area (Å²) in [5.74, 6) is 2.81. The summed E-state index contributed by atoms with van der Waals surface area (Å²) in [6, 6.07) is 8.02. The van der Waals surface area contributed by atoms with Crippen LogP contribution in [0.1, 0.15) is 30.9 Å². The van der Waals surface area contributed by atoms with Gasteiger partial charge in [-0.05, 0) is 37.2 Å². The fourth-order valence-electron chi connectivity index (χ4n) is 3.04. The molecule has 6 heteroatoms. The van der Waals surface area contributed by atoms with Crippen molar-refractivity contribution in [1.29, 1.82) is 0 Å². The number of anilines is 1. The van der Waals surface area contributed by atoms with E-state index in [0.29, 0.717) is 13.2 Å². The third-order valence-electron chi connectivity index (χ3n) is 4.50. The van der Waals surface area contributed by atoms with Crippen molar-refractivity contribution in [3.8, 4) is 5.75 Å². The maximum atomic E-state index is 5.66. The van der Waals surface area contributed by atoms with Gasteiger partial charge >= 0.3 is 0 Å². The molecule has 0 amide bonds. The Hall–Kier alpha value is -2.31. The molecule has 140 valence electrons. The molecule has 1 N–H and O–H groups in total. The van der Waals surface area contributed by atoms with Crippen LogP contribution in [0.5, 0.6) is 5.75 Å². The molecule has 0 spiro atoms. The molecule has 26 heavy (non-hydrogen) atoms. The monoisotopic (exact) mass is 356 g/mol. The minimum Gasteiger partial charge on any atom is -0.491 e. The van der Waals surface area contributed by atoms with E-state index in [1.165, 1.54) is 5.69 Å².